The van der Waals surface area contributed by atoms with Crippen LogP contribution in [0.2, 0.25) is 0 Å². The molecule has 3 heteroatoms. The molecule has 0 radical (unpaired) electrons. The molecule has 0 bridgehead atoms. The van der Waals surface area contributed by atoms with Gasteiger partial charge in [-0.3, -0.25) is 0 Å². The molecule has 0 N–H and O–H groups in total. The monoisotopic (exact) mass is 322 g/mol. The van der Waals surface area contributed by atoms with Crippen molar-refractivity contribution < 1.29 is 4.74 Å². The second kappa shape index (κ2) is 6.12. The van der Waals surface area contributed by atoms with Crippen LogP contribution >= 0.6 is 0 Å². The second-order valence-corrected chi connectivity index (χ2v) is 7.30. The van der Waals surface area contributed by atoms with Gasteiger partial charge in [-0.25, -0.2) is 4.98 Å². The van der Waals surface area contributed by atoms with Crippen molar-refractivity contribution in [1.29, 1.82) is 0 Å². The number of rotatable bonds is 5. The van der Waals surface area contributed by atoms with Crippen LogP contribution in [0.4, 0.5) is 5.82 Å². The summed E-state index contributed by atoms with van der Waals surface area (Å²) in [4.78, 5) is 7.35. The Morgan fingerprint density at radius 1 is 1.17 bits per heavy atom. The largest absolute Gasteiger partial charge is 0.497 e. The van der Waals surface area contributed by atoms with E-state index in [0.29, 0.717) is 5.41 Å². The minimum atomic E-state index is 0.374. The summed E-state index contributed by atoms with van der Waals surface area (Å²) in [5, 5.41) is 0. The van der Waals surface area contributed by atoms with E-state index in [1.807, 2.05) is 12.1 Å². The van der Waals surface area contributed by atoms with Crippen LogP contribution in [0.15, 0.2) is 36.5 Å². The van der Waals surface area contributed by atoms with Crippen molar-refractivity contribution in [2.24, 2.45) is 0 Å². The number of fused-ring (bicyclic) bond motifs is 2. The van der Waals surface area contributed by atoms with E-state index >= 15 is 0 Å². The highest BCUT2D eigenvalue weighted by atomic mass is 16.5. The molecule has 0 unspecified atom stereocenters. The van der Waals surface area contributed by atoms with E-state index in [4.69, 9.17) is 9.72 Å². The zero-order chi connectivity index (χ0) is 16.6. The molecular formula is C21H26N2O. The van der Waals surface area contributed by atoms with E-state index < -0.39 is 0 Å². The molecule has 2 aliphatic rings. The van der Waals surface area contributed by atoms with E-state index in [-0.39, 0.29) is 0 Å². The molecule has 0 amide bonds. The predicted molar refractivity (Wildman–Crippen MR) is 97.8 cm³/mol. The zero-order valence-corrected chi connectivity index (χ0v) is 14.7. The van der Waals surface area contributed by atoms with Gasteiger partial charge in [-0.2, -0.15) is 0 Å². The summed E-state index contributed by atoms with van der Waals surface area (Å²) in [7, 11) is 1.71. The molecule has 0 saturated heterocycles. The van der Waals surface area contributed by atoms with Crippen LogP contribution in [0.3, 0.4) is 0 Å². The Hall–Kier alpha value is -2.03. The van der Waals surface area contributed by atoms with E-state index in [1.54, 1.807) is 7.11 Å². The van der Waals surface area contributed by atoms with Crippen molar-refractivity contribution >= 4 is 5.82 Å². The van der Waals surface area contributed by atoms with Crippen LogP contribution < -0.4 is 9.64 Å². The molecule has 1 aromatic heterocycles. The molecule has 1 aliphatic carbocycles. The Bertz CT molecular complexity index is 719. The number of ether oxygens (including phenoxy) is 1. The number of nitrogens with zero attached hydrogens (tertiary/aromatic N) is 2. The van der Waals surface area contributed by atoms with Crippen LogP contribution in [0.1, 0.15) is 49.3 Å². The van der Waals surface area contributed by atoms with E-state index in [0.717, 1.165) is 25.3 Å². The van der Waals surface area contributed by atoms with Crippen LogP contribution in [-0.4, -0.2) is 18.6 Å². The standard InChI is InChI=1S/C21H26N2O/c1-3-5-17-12-19-20(22-13-17)23(15-21(19)10-4-11-21)14-16-6-8-18(24-2)9-7-16/h6-9,12-13H,3-5,10-11,14-15H2,1-2H3. The van der Waals surface area contributed by atoms with Crippen LogP contribution in [0.25, 0.3) is 0 Å². The maximum absolute atomic E-state index is 5.27. The lowest BCUT2D eigenvalue weighted by atomic mass is 9.66. The average molecular weight is 322 g/mol. The molecule has 4 rings (SSSR count). The summed E-state index contributed by atoms with van der Waals surface area (Å²) in [6.07, 6.45) is 8.39. The number of anilines is 1. The number of hydrogen-bond acceptors (Lipinski definition) is 3. The maximum Gasteiger partial charge on any atom is 0.132 e. The first kappa shape index (κ1) is 15.5. The van der Waals surface area contributed by atoms with Crippen molar-refractivity contribution in [2.75, 3.05) is 18.6 Å². The number of methoxy groups -OCH3 is 1. The molecule has 1 aromatic carbocycles. The summed E-state index contributed by atoms with van der Waals surface area (Å²) < 4.78 is 5.27. The third kappa shape index (κ3) is 2.56. The molecule has 1 aliphatic heterocycles. The van der Waals surface area contributed by atoms with E-state index in [1.165, 1.54) is 48.2 Å². The Balaban J connectivity index is 1.61. The fraction of sp³-hybridized carbons (Fsp3) is 0.476. The fourth-order valence-electron chi connectivity index (χ4n) is 4.21. The molecule has 2 aromatic rings. The molecule has 2 heterocycles. The smallest absolute Gasteiger partial charge is 0.132 e. The second-order valence-electron chi connectivity index (χ2n) is 7.30. The quantitative estimate of drug-likeness (QED) is 0.811. The van der Waals surface area contributed by atoms with Crippen LogP contribution in [0, 0.1) is 0 Å². The van der Waals surface area contributed by atoms with E-state index in [9.17, 15) is 0 Å². The van der Waals surface area contributed by atoms with Gasteiger partial charge in [0.05, 0.1) is 7.11 Å². The first-order chi connectivity index (χ1) is 11.7. The molecule has 1 spiro atoms. The van der Waals surface area contributed by atoms with Gasteiger partial charge in [0.1, 0.15) is 11.6 Å². The van der Waals surface area contributed by atoms with Gasteiger partial charge in [0.2, 0.25) is 0 Å². The topological polar surface area (TPSA) is 25.4 Å². The van der Waals surface area contributed by atoms with Crippen molar-refractivity contribution in [3.8, 4) is 5.75 Å². The van der Waals surface area contributed by atoms with Gasteiger partial charge in [-0.15, -0.1) is 0 Å². The molecule has 1 fully saturated rings. The van der Waals surface area contributed by atoms with Gasteiger partial charge in [-0.1, -0.05) is 31.9 Å². The van der Waals surface area contributed by atoms with Crippen molar-refractivity contribution in [1.82, 2.24) is 4.98 Å². The molecule has 1 saturated carbocycles. The highest BCUT2D eigenvalue weighted by molar-refractivity contribution is 5.60. The minimum Gasteiger partial charge on any atom is -0.497 e. The highest BCUT2D eigenvalue weighted by Gasteiger charge is 2.47. The molecule has 0 atom stereocenters. The van der Waals surface area contributed by atoms with Gasteiger partial charge in [0, 0.05) is 30.3 Å². The Kier molecular flexibility index (Phi) is 3.95. The maximum atomic E-state index is 5.27. The highest BCUT2D eigenvalue weighted by Crippen LogP contribution is 2.52. The lowest BCUT2D eigenvalue weighted by Crippen LogP contribution is -2.39. The lowest BCUT2D eigenvalue weighted by Gasteiger charge is -2.39. The number of hydrogen-bond donors (Lipinski definition) is 0. The van der Waals surface area contributed by atoms with Gasteiger partial charge >= 0.3 is 0 Å². The summed E-state index contributed by atoms with van der Waals surface area (Å²) >= 11 is 0. The average Bonchev–Trinajstić information content (AvgIpc) is 2.90. The summed E-state index contributed by atoms with van der Waals surface area (Å²) in [6.45, 7) is 4.29. The first-order valence-electron chi connectivity index (χ1n) is 9.11. The Morgan fingerprint density at radius 3 is 2.58 bits per heavy atom. The van der Waals surface area contributed by atoms with Crippen LogP contribution in [-0.2, 0) is 18.4 Å². The van der Waals surface area contributed by atoms with Gasteiger partial charge < -0.3 is 9.64 Å². The first-order valence-corrected chi connectivity index (χ1v) is 9.11. The van der Waals surface area contributed by atoms with Gasteiger partial charge in [-0.05, 0) is 48.6 Å². The van der Waals surface area contributed by atoms with E-state index in [2.05, 4.69) is 36.2 Å². The molecule has 24 heavy (non-hydrogen) atoms. The fourth-order valence-corrected chi connectivity index (χ4v) is 4.21. The summed E-state index contributed by atoms with van der Waals surface area (Å²) in [6, 6.07) is 10.9. The van der Waals surface area contributed by atoms with Gasteiger partial charge in [0.15, 0.2) is 0 Å². The SMILES string of the molecule is CCCc1cnc2c(c1)C1(CCC1)CN2Cc1ccc(OC)cc1. The minimum absolute atomic E-state index is 0.374. The Labute approximate surface area is 144 Å². The number of aryl methyl sites for hydroxylation is 1. The normalized spacial score (nSPS) is 17.7. The van der Waals surface area contributed by atoms with Gasteiger partial charge in [0.25, 0.3) is 0 Å². The number of benzene rings is 1. The predicted octanol–water partition coefficient (Wildman–Crippen LogP) is 4.48. The van der Waals surface area contributed by atoms with Crippen molar-refractivity contribution in [3.05, 3.63) is 53.2 Å². The van der Waals surface area contributed by atoms with Crippen molar-refractivity contribution in [2.45, 2.75) is 51.0 Å². The Morgan fingerprint density at radius 2 is 1.96 bits per heavy atom. The third-order valence-corrected chi connectivity index (χ3v) is 5.67. The lowest BCUT2D eigenvalue weighted by molar-refractivity contribution is 0.263. The molecule has 3 nitrogen and oxygen atoms in total. The number of aromatic nitrogens is 1. The number of pyridine rings is 1. The van der Waals surface area contributed by atoms with Crippen LogP contribution in [0.5, 0.6) is 5.75 Å². The molecular weight excluding hydrogens is 296 g/mol. The summed E-state index contributed by atoms with van der Waals surface area (Å²) in [5.74, 6) is 2.13. The third-order valence-electron chi connectivity index (χ3n) is 5.67. The molecule has 126 valence electrons. The summed E-state index contributed by atoms with van der Waals surface area (Å²) in [5.41, 5.74) is 4.60. The zero-order valence-electron chi connectivity index (χ0n) is 14.7. The van der Waals surface area contributed by atoms with Crippen molar-refractivity contribution in [3.63, 3.8) is 0 Å².